The number of carboxylic acid groups (broad SMARTS) is 1. The SMILES string of the molecule is O=C(O)C(CP(=O)(O)Cc1ccccc1)c1cccc2[nH]ccc12. The van der Waals surface area contributed by atoms with Gasteiger partial charge in [-0.2, -0.15) is 0 Å². The second-order valence-corrected chi connectivity index (χ2v) is 8.22. The second-order valence-electron chi connectivity index (χ2n) is 5.85. The molecule has 3 aromatic rings. The molecule has 0 aliphatic rings. The minimum atomic E-state index is -3.64. The maximum Gasteiger partial charge on any atom is 0.311 e. The molecule has 124 valence electrons. The van der Waals surface area contributed by atoms with Gasteiger partial charge in [-0.15, -0.1) is 0 Å². The molecule has 0 fully saturated rings. The maximum atomic E-state index is 12.6. The number of hydrogen-bond donors (Lipinski definition) is 3. The molecule has 2 unspecified atom stereocenters. The third-order valence-corrected chi connectivity index (χ3v) is 5.84. The van der Waals surface area contributed by atoms with E-state index in [4.69, 9.17) is 0 Å². The molecule has 3 N–H and O–H groups in total. The summed E-state index contributed by atoms with van der Waals surface area (Å²) in [5.41, 5.74) is 2.10. The number of nitrogens with one attached hydrogen (secondary N) is 1. The third kappa shape index (κ3) is 3.58. The summed E-state index contributed by atoms with van der Waals surface area (Å²) < 4.78 is 12.6. The quantitative estimate of drug-likeness (QED) is 0.594. The number of hydrogen-bond acceptors (Lipinski definition) is 2. The van der Waals surface area contributed by atoms with Crippen LogP contribution in [0.4, 0.5) is 0 Å². The van der Waals surface area contributed by atoms with E-state index in [0.717, 1.165) is 16.5 Å². The van der Waals surface area contributed by atoms with Crippen molar-refractivity contribution in [3.63, 3.8) is 0 Å². The van der Waals surface area contributed by atoms with E-state index in [1.165, 1.54) is 0 Å². The largest absolute Gasteiger partial charge is 0.481 e. The predicted octanol–water partition coefficient (Wildman–Crippen LogP) is 3.81. The fraction of sp³-hybridized carbons (Fsp3) is 0.167. The molecule has 24 heavy (non-hydrogen) atoms. The number of rotatable bonds is 6. The van der Waals surface area contributed by atoms with E-state index in [9.17, 15) is 19.4 Å². The van der Waals surface area contributed by atoms with Crippen molar-refractivity contribution in [1.82, 2.24) is 4.98 Å². The number of H-pyrrole nitrogens is 1. The number of fused-ring (bicyclic) bond motifs is 1. The first-order valence-corrected chi connectivity index (χ1v) is 9.63. The summed E-state index contributed by atoms with van der Waals surface area (Å²) in [6.07, 6.45) is 1.41. The van der Waals surface area contributed by atoms with Gasteiger partial charge in [-0.25, -0.2) is 0 Å². The van der Waals surface area contributed by atoms with Crippen molar-refractivity contribution < 1.29 is 19.4 Å². The van der Waals surface area contributed by atoms with Crippen LogP contribution in [0.15, 0.2) is 60.8 Å². The highest BCUT2D eigenvalue weighted by Crippen LogP contribution is 2.48. The van der Waals surface area contributed by atoms with Gasteiger partial charge in [0.15, 0.2) is 0 Å². The molecule has 1 aromatic heterocycles. The molecular weight excluding hydrogens is 325 g/mol. The Morgan fingerprint density at radius 1 is 1.08 bits per heavy atom. The van der Waals surface area contributed by atoms with E-state index in [0.29, 0.717) is 5.56 Å². The van der Waals surface area contributed by atoms with Crippen molar-refractivity contribution in [2.45, 2.75) is 12.1 Å². The zero-order chi connectivity index (χ0) is 17.2. The lowest BCUT2D eigenvalue weighted by molar-refractivity contribution is -0.138. The fourth-order valence-corrected chi connectivity index (χ4v) is 4.78. The maximum absolute atomic E-state index is 12.6. The van der Waals surface area contributed by atoms with Crippen LogP contribution in [0.5, 0.6) is 0 Å². The Hall–Kier alpha value is -2.36. The van der Waals surface area contributed by atoms with Crippen molar-refractivity contribution in [3.05, 3.63) is 71.9 Å². The first-order valence-electron chi connectivity index (χ1n) is 7.60. The summed E-state index contributed by atoms with van der Waals surface area (Å²) in [6.45, 7) is 0. The standard InChI is InChI=1S/C18H18NO4P/c20-18(21)16(14-7-4-8-17-15(14)9-10-19-17)12-24(22,23)11-13-5-2-1-3-6-13/h1-10,16,19H,11-12H2,(H,20,21)(H,22,23). The Kier molecular flexibility index (Phi) is 4.56. The van der Waals surface area contributed by atoms with Crippen LogP contribution in [0, 0.1) is 0 Å². The Labute approximate surface area is 139 Å². The van der Waals surface area contributed by atoms with Crippen LogP contribution in [-0.4, -0.2) is 27.1 Å². The number of benzene rings is 2. The summed E-state index contributed by atoms with van der Waals surface area (Å²) in [5, 5.41) is 10.4. The van der Waals surface area contributed by atoms with Crippen molar-refractivity contribution in [3.8, 4) is 0 Å². The molecule has 0 amide bonds. The summed E-state index contributed by atoms with van der Waals surface area (Å²) in [7, 11) is -3.64. The fourth-order valence-electron chi connectivity index (χ4n) is 2.94. The van der Waals surface area contributed by atoms with Gasteiger partial charge < -0.3 is 15.0 Å². The van der Waals surface area contributed by atoms with Crippen molar-refractivity contribution >= 4 is 24.2 Å². The van der Waals surface area contributed by atoms with Gasteiger partial charge in [-0.05, 0) is 23.3 Å². The summed E-state index contributed by atoms with van der Waals surface area (Å²) in [4.78, 5) is 25.1. The number of aromatic nitrogens is 1. The van der Waals surface area contributed by atoms with Gasteiger partial charge in [0.05, 0.1) is 5.92 Å². The summed E-state index contributed by atoms with van der Waals surface area (Å²) >= 11 is 0. The van der Waals surface area contributed by atoms with Crippen LogP contribution in [0.3, 0.4) is 0 Å². The predicted molar refractivity (Wildman–Crippen MR) is 93.5 cm³/mol. The lowest BCUT2D eigenvalue weighted by atomic mass is 9.97. The van der Waals surface area contributed by atoms with E-state index >= 15 is 0 Å². The Morgan fingerprint density at radius 2 is 1.83 bits per heavy atom. The van der Waals surface area contributed by atoms with E-state index in [-0.39, 0.29) is 12.3 Å². The number of carboxylic acids is 1. The van der Waals surface area contributed by atoms with Crippen LogP contribution in [0.25, 0.3) is 10.9 Å². The van der Waals surface area contributed by atoms with Gasteiger partial charge in [-0.1, -0.05) is 42.5 Å². The van der Waals surface area contributed by atoms with Gasteiger partial charge in [0.1, 0.15) is 0 Å². The molecular formula is C18H18NO4P. The highest BCUT2D eigenvalue weighted by Gasteiger charge is 2.31. The zero-order valence-electron chi connectivity index (χ0n) is 12.9. The van der Waals surface area contributed by atoms with Crippen LogP contribution in [0.1, 0.15) is 17.0 Å². The molecule has 0 saturated carbocycles. The molecule has 0 bridgehead atoms. The van der Waals surface area contributed by atoms with E-state index in [1.807, 2.05) is 12.1 Å². The first-order chi connectivity index (χ1) is 11.5. The molecule has 0 spiro atoms. The lowest BCUT2D eigenvalue weighted by Gasteiger charge is -2.18. The van der Waals surface area contributed by atoms with Gasteiger partial charge in [-0.3, -0.25) is 9.36 Å². The smallest absolute Gasteiger partial charge is 0.311 e. The van der Waals surface area contributed by atoms with Crippen LogP contribution >= 0.6 is 7.37 Å². The van der Waals surface area contributed by atoms with Crippen molar-refractivity contribution in [2.24, 2.45) is 0 Å². The zero-order valence-corrected chi connectivity index (χ0v) is 13.8. The van der Waals surface area contributed by atoms with E-state index in [1.54, 1.807) is 48.7 Å². The van der Waals surface area contributed by atoms with Crippen LogP contribution in [0.2, 0.25) is 0 Å². The highest BCUT2D eigenvalue weighted by atomic mass is 31.2. The topological polar surface area (TPSA) is 90.4 Å². The molecule has 1 heterocycles. The third-order valence-electron chi connectivity index (χ3n) is 4.04. The average molecular weight is 343 g/mol. The van der Waals surface area contributed by atoms with Gasteiger partial charge in [0.25, 0.3) is 0 Å². The second kappa shape index (κ2) is 6.63. The summed E-state index contributed by atoms with van der Waals surface area (Å²) in [5.74, 6) is -2.12. The van der Waals surface area contributed by atoms with Gasteiger partial charge in [0, 0.05) is 29.4 Å². The van der Waals surface area contributed by atoms with Crippen molar-refractivity contribution in [1.29, 1.82) is 0 Å². The highest BCUT2D eigenvalue weighted by molar-refractivity contribution is 7.57. The van der Waals surface area contributed by atoms with Crippen LogP contribution < -0.4 is 0 Å². The molecule has 6 heteroatoms. The Bertz CT molecular complexity index is 904. The monoisotopic (exact) mass is 343 g/mol. The number of aliphatic carboxylic acids is 1. The first kappa shape index (κ1) is 16.5. The van der Waals surface area contributed by atoms with E-state index in [2.05, 4.69) is 4.98 Å². The number of carbonyl (C=O) groups is 1. The minimum Gasteiger partial charge on any atom is -0.481 e. The van der Waals surface area contributed by atoms with Crippen molar-refractivity contribution in [2.75, 3.05) is 6.16 Å². The normalized spacial score (nSPS) is 15.0. The number of aromatic amines is 1. The Morgan fingerprint density at radius 3 is 2.54 bits per heavy atom. The molecule has 0 saturated heterocycles. The molecule has 2 aromatic carbocycles. The van der Waals surface area contributed by atoms with Gasteiger partial charge >= 0.3 is 5.97 Å². The Balaban J connectivity index is 1.90. The molecule has 2 atom stereocenters. The molecule has 0 aliphatic carbocycles. The lowest BCUT2D eigenvalue weighted by Crippen LogP contribution is -2.17. The van der Waals surface area contributed by atoms with E-state index < -0.39 is 19.3 Å². The molecule has 5 nitrogen and oxygen atoms in total. The average Bonchev–Trinajstić information content (AvgIpc) is 3.01. The van der Waals surface area contributed by atoms with Gasteiger partial charge in [0.2, 0.25) is 7.37 Å². The molecule has 0 aliphatic heterocycles. The molecule has 0 radical (unpaired) electrons. The summed E-state index contributed by atoms with van der Waals surface area (Å²) in [6, 6.07) is 16.1. The van der Waals surface area contributed by atoms with Crippen LogP contribution in [-0.2, 0) is 15.5 Å². The minimum absolute atomic E-state index is 0.0271. The molecule has 3 rings (SSSR count).